The van der Waals surface area contributed by atoms with Gasteiger partial charge in [-0.25, -0.2) is 24.0 Å². The third kappa shape index (κ3) is 25.6. The number of carboxylic acids is 1. The number of carbonyl (C=O) groups excluding carboxylic acids is 3. The van der Waals surface area contributed by atoms with E-state index in [4.69, 9.17) is 45.0 Å². The molecule has 5 saturated carbocycles. The Morgan fingerprint density at radius 1 is 0.485 bits per heavy atom. The number of nitrogens with zero attached hydrogens (tertiary/aromatic N) is 4. The third-order valence-corrected chi connectivity index (χ3v) is 17.6. The molecule has 27 heteroatoms. The minimum absolute atomic E-state index is 0. The SMILES string of the molecule is COC(=O)c1cccn([C@H]2CCC[C@@H](OC)C2)c1=O.COC(=O)c1cccoc1=O.CO[C@@H]1CCC[C@H](N)C1.CO[C@@H]1CCC[C@H](n2cccc(C(=O)O)c2=O)C1.CO[C@@H]1CCC[C@H](n2cccc(N)c2=O)C1.CO[C@@H]1CCC[C@H](n2cccc(NC(=O)OC(C)(C)C)c2=O)C1.Cl. The number of ether oxygens (including phenoxy) is 8. The van der Waals surface area contributed by atoms with Crippen LogP contribution in [0.5, 0.6) is 0 Å². The number of amides is 1. The van der Waals surface area contributed by atoms with Gasteiger partial charge in [0.15, 0.2) is 0 Å². The molecule has 10 rings (SSSR count). The fourth-order valence-electron chi connectivity index (χ4n) is 12.5. The molecule has 0 bridgehead atoms. The molecule has 5 aliphatic rings. The summed E-state index contributed by atoms with van der Waals surface area (Å²) in [6.45, 7) is 5.34. The van der Waals surface area contributed by atoms with Crippen LogP contribution < -0.4 is 44.6 Å². The summed E-state index contributed by atoms with van der Waals surface area (Å²) in [6.07, 6.45) is 28.8. The van der Waals surface area contributed by atoms with Crippen LogP contribution in [0.3, 0.4) is 0 Å². The van der Waals surface area contributed by atoms with Crippen molar-refractivity contribution < 1.29 is 66.6 Å². The molecule has 0 saturated heterocycles. The number of nitrogen functional groups attached to an aromatic ring is 1. The minimum Gasteiger partial charge on any atom is -0.477 e. The van der Waals surface area contributed by atoms with Gasteiger partial charge in [0.2, 0.25) is 0 Å². The topological polar surface area (TPSA) is 345 Å². The average Bonchev–Trinajstić information content (AvgIpc) is 0.872. The number of pyridine rings is 4. The lowest BCUT2D eigenvalue weighted by Crippen LogP contribution is -2.34. The second kappa shape index (κ2) is 41.5. The molecule has 538 valence electrons. The molecule has 5 aliphatic carbocycles. The first-order valence-corrected chi connectivity index (χ1v) is 32.9. The van der Waals surface area contributed by atoms with Gasteiger partial charge in [-0.05, 0) is 210 Å². The van der Waals surface area contributed by atoms with Crippen LogP contribution in [0.2, 0.25) is 0 Å². The third-order valence-electron chi connectivity index (χ3n) is 17.6. The number of halogens is 1. The maximum atomic E-state index is 12.6. The zero-order valence-electron chi connectivity index (χ0n) is 57.7. The number of carboxylic acid groups (broad SMARTS) is 1. The molecule has 0 aromatic carbocycles. The number of aromatic carboxylic acids is 1. The fraction of sp³-hybridized carbons (Fsp3) is 0.586. The van der Waals surface area contributed by atoms with Crippen molar-refractivity contribution in [1.29, 1.82) is 0 Å². The van der Waals surface area contributed by atoms with Crippen molar-refractivity contribution in [3.63, 3.8) is 0 Å². The maximum Gasteiger partial charge on any atom is 0.412 e. The van der Waals surface area contributed by atoms with E-state index in [1.54, 1.807) is 119 Å². The zero-order chi connectivity index (χ0) is 70.5. The van der Waals surface area contributed by atoms with Crippen LogP contribution in [0.15, 0.2) is 120 Å². The van der Waals surface area contributed by atoms with Gasteiger partial charge >= 0.3 is 29.6 Å². The van der Waals surface area contributed by atoms with Gasteiger partial charge in [0.1, 0.15) is 28.0 Å². The monoisotopic (exact) mass is 1380 g/mol. The Morgan fingerprint density at radius 2 is 0.845 bits per heavy atom. The van der Waals surface area contributed by atoms with E-state index < -0.39 is 40.8 Å². The molecule has 26 nitrogen and oxygen atoms in total. The quantitative estimate of drug-likeness (QED) is 0.0629. The highest BCUT2D eigenvalue weighted by molar-refractivity contribution is 5.89. The van der Waals surface area contributed by atoms with Gasteiger partial charge < -0.3 is 77.2 Å². The molecule has 5 aromatic rings. The number of anilines is 2. The highest BCUT2D eigenvalue weighted by Gasteiger charge is 2.29. The van der Waals surface area contributed by atoms with Crippen LogP contribution in [-0.4, -0.2) is 139 Å². The highest BCUT2D eigenvalue weighted by atomic mass is 35.5. The van der Waals surface area contributed by atoms with Crippen LogP contribution in [0, 0.1) is 0 Å². The zero-order valence-corrected chi connectivity index (χ0v) is 58.5. The number of hydrogen-bond donors (Lipinski definition) is 4. The molecule has 10 atom stereocenters. The van der Waals surface area contributed by atoms with Crippen molar-refractivity contribution in [2.75, 3.05) is 60.8 Å². The lowest BCUT2D eigenvalue weighted by Gasteiger charge is -2.29. The van der Waals surface area contributed by atoms with Crippen LogP contribution in [0.25, 0.3) is 0 Å². The first kappa shape index (κ1) is 81.7. The molecule has 5 heterocycles. The largest absolute Gasteiger partial charge is 0.477 e. The van der Waals surface area contributed by atoms with Crippen molar-refractivity contribution >= 4 is 47.8 Å². The summed E-state index contributed by atoms with van der Waals surface area (Å²) in [4.78, 5) is 105. The van der Waals surface area contributed by atoms with Crippen molar-refractivity contribution in [2.45, 2.75) is 216 Å². The van der Waals surface area contributed by atoms with E-state index >= 15 is 0 Å². The van der Waals surface area contributed by atoms with E-state index in [0.29, 0.717) is 17.8 Å². The second-order valence-electron chi connectivity index (χ2n) is 25.3. The van der Waals surface area contributed by atoms with Gasteiger partial charge in [-0.3, -0.25) is 24.5 Å². The number of aromatic nitrogens is 4. The van der Waals surface area contributed by atoms with Gasteiger partial charge in [-0.15, -0.1) is 12.4 Å². The van der Waals surface area contributed by atoms with Crippen molar-refractivity contribution in [3.8, 4) is 0 Å². The van der Waals surface area contributed by atoms with Crippen LogP contribution >= 0.6 is 12.4 Å². The van der Waals surface area contributed by atoms with E-state index in [2.05, 4.69) is 19.2 Å². The molecule has 0 aliphatic heterocycles. The number of esters is 2. The Balaban J connectivity index is 0.000000252. The minimum atomic E-state index is -1.17. The van der Waals surface area contributed by atoms with Gasteiger partial charge in [0, 0.05) is 90.5 Å². The first-order chi connectivity index (χ1) is 45.9. The van der Waals surface area contributed by atoms with Gasteiger partial charge in [-0.1, -0.05) is 0 Å². The molecule has 5 aromatic heterocycles. The van der Waals surface area contributed by atoms with Gasteiger partial charge in [-0.2, -0.15) is 0 Å². The average molecular weight is 1380 g/mol. The standard InChI is InChI=1S/C17H26N2O4.C14H19NO4.C13H17NO4.C12H18N2O2.C7H15NO.C7H6O4.ClH/c1-17(2,3)23-16(21)18-14-9-6-10-19(15(14)20)12-7-5-8-13(11-12)22-4;1-18-11-6-3-5-10(9-11)15-8-4-7-12(13(15)16)14(17)19-2;1-18-10-5-2-4-9(8-10)14-7-3-6-11(12(14)15)13(16)17;1-16-10-5-2-4-9(8-10)14-7-3-6-11(13)12(14)15;1-9-7-4-2-3-6(8)5-7;1-10-6(8)5-3-2-4-11-7(5)9;/h6,9-10,12-13H,5,7-8,11H2,1-4H3,(H,18,21);4,7-8,10-11H,3,5-6,9H2,1-2H3;3,6-7,9-10H,2,4-5,8H2,1H3,(H,16,17);3,6-7,9-10H,2,4-5,8,13H2,1H3;6-7H,2-5,8H2,1H3;2-4H,1H3;1H/t12-,13+;10-,11+;2*9-,10+;6-,7+;;/m00000../s1. The fourth-order valence-corrected chi connectivity index (χ4v) is 12.5. The molecule has 1 amide bonds. The molecule has 6 N–H and O–H groups in total. The summed E-state index contributed by atoms with van der Waals surface area (Å²) in [6, 6.07) is 16.7. The summed E-state index contributed by atoms with van der Waals surface area (Å²) in [7, 11) is 11.0. The van der Waals surface area contributed by atoms with Crippen LogP contribution in [0.4, 0.5) is 16.2 Å². The number of rotatable bonds is 13. The van der Waals surface area contributed by atoms with E-state index in [1.165, 1.54) is 68.6 Å². The predicted octanol–water partition coefficient (Wildman–Crippen LogP) is 10.1. The summed E-state index contributed by atoms with van der Waals surface area (Å²) in [5, 5.41) is 11.5. The number of carbonyl (C=O) groups is 4. The van der Waals surface area contributed by atoms with Crippen molar-refractivity contribution in [2.24, 2.45) is 5.73 Å². The molecule has 0 radical (unpaired) electrons. The smallest absolute Gasteiger partial charge is 0.412 e. The lowest BCUT2D eigenvalue weighted by atomic mass is 9.92. The Morgan fingerprint density at radius 3 is 1.24 bits per heavy atom. The summed E-state index contributed by atoms with van der Waals surface area (Å²) in [5.74, 6) is -2.44. The molecule has 0 unspecified atom stereocenters. The van der Waals surface area contributed by atoms with Crippen molar-refractivity contribution in [1.82, 2.24) is 18.3 Å². The predicted molar refractivity (Wildman–Crippen MR) is 369 cm³/mol. The van der Waals surface area contributed by atoms with E-state index in [0.717, 1.165) is 109 Å². The van der Waals surface area contributed by atoms with Crippen LogP contribution in [-0.2, 0) is 37.9 Å². The number of nitrogens with one attached hydrogen (secondary N) is 1. The molecular formula is C70H102ClN7O19. The Hall–Kier alpha value is -7.72. The van der Waals surface area contributed by atoms with E-state index in [-0.39, 0.29) is 100 Å². The maximum absolute atomic E-state index is 12.6. The lowest BCUT2D eigenvalue weighted by molar-refractivity contribution is 0.0517. The summed E-state index contributed by atoms with van der Waals surface area (Å²) < 4.78 is 51.9. The summed E-state index contributed by atoms with van der Waals surface area (Å²) in [5.41, 5.74) is 9.46. The molecule has 97 heavy (non-hydrogen) atoms. The van der Waals surface area contributed by atoms with Crippen LogP contribution in [0.1, 0.15) is 204 Å². The van der Waals surface area contributed by atoms with E-state index in [1.807, 2.05) is 12.3 Å². The van der Waals surface area contributed by atoms with Gasteiger partial charge in [0.05, 0.1) is 56.7 Å². The highest BCUT2D eigenvalue weighted by Crippen LogP contribution is 2.32. The Labute approximate surface area is 572 Å². The van der Waals surface area contributed by atoms with Crippen molar-refractivity contribution in [3.05, 3.63) is 160 Å². The van der Waals surface area contributed by atoms with Gasteiger partial charge in [0.25, 0.3) is 22.2 Å². The second-order valence-corrected chi connectivity index (χ2v) is 25.3. The van der Waals surface area contributed by atoms with E-state index in [9.17, 15) is 43.2 Å². The number of methoxy groups -OCH3 is 7. The number of nitrogens with two attached hydrogens (primary N) is 2. The normalized spacial score (nSPS) is 22.8. The molecular weight excluding hydrogens is 1280 g/mol. The Bertz CT molecular complexity index is 3560. The first-order valence-electron chi connectivity index (χ1n) is 32.9. The molecule has 0 spiro atoms. The summed E-state index contributed by atoms with van der Waals surface area (Å²) >= 11 is 0. The molecule has 5 fully saturated rings. The Kier molecular flexibility index (Phi) is 35.0. The number of hydrogen-bond acceptors (Lipinski definition) is 20.